The normalized spacial score (nSPS) is 18.2. The van der Waals surface area contributed by atoms with Crippen LogP contribution in [0.2, 0.25) is 0 Å². The molecule has 0 unspecified atom stereocenters. The van der Waals surface area contributed by atoms with Crippen molar-refractivity contribution in [2.75, 3.05) is 26.2 Å². The lowest BCUT2D eigenvalue weighted by atomic mass is 9.91. The van der Waals surface area contributed by atoms with E-state index in [1.807, 2.05) is 12.3 Å². The van der Waals surface area contributed by atoms with Crippen LogP contribution < -0.4 is 4.74 Å². The summed E-state index contributed by atoms with van der Waals surface area (Å²) in [5.41, 5.74) is 4.98. The lowest BCUT2D eigenvalue weighted by Gasteiger charge is -2.31. The monoisotopic (exact) mass is 348 g/mol. The maximum absolute atomic E-state index is 5.60. The fourth-order valence-corrected chi connectivity index (χ4v) is 4.35. The van der Waals surface area contributed by atoms with Crippen molar-refractivity contribution in [3.05, 3.63) is 59.6 Å². The highest BCUT2D eigenvalue weighted by atomic mass is 16.5. The fourth-order valence-electron chi connectivity index (χ4n) is 4.35. The molecule has 134 valence electrons. The van der Waals surface area contributed by atoms with Gasteiger partial charge in [-0.05, 0) is 61.7 Å². The summed E-state index contributed by atoms with van der Waals surface area (Å²) >= 11 is 0. The topological polar surface area (TPSA) is 38.5 Å². The van der Waals surface area contributed by atoms with E-state index in [0.29, 0.717) is 5.92 Å². The summed E-state index contributed by atoms with van der Waals surface area (Å²) in [6.45, 7) is 4.27. The molecule has 2 aliphatic heterocycles. The fraction of sp³-hybridized carbons (Fsp3) is 0.409. The van der Waals surface area contributed by atoms with Crippen LogP contribution in [0.25, 0.3) is 11.0 Å². The Morgan fingerprint density at radius 3 is 2.96 bits per heavy atom. The minimum Gasteiger partial charge on any atom is -0.493 e. The van der Waals surface area contributed by atoms with E-state index in [-0.39, 0.29) is 0 Å². The summed E-state index contributed by atoms with van der Waals surface area (Å²) in [6, 6.07) is 10.7. The number of rotatable bonds is 4. The molecule has 1 aromatic carbocycles. The maximum Gasteiger partial charge on any atom is 0.137 e. The molecule has 4 heterocycles. The van der Waals surface area contributed by atoms with Gasteiger partial charge in [0.15, 0.2) is 0 Å². The van der Waals surface area contributed by atoms with Gasteiger partial charge < -0.3 is 14.1 Å². The maximum atomic E-state index is 5.60. The number of fused-ring (bicyclic) bond motifs is 2. The average Bonchev–Trinajstić information content (AvgIpc) is 3.35. The summed E-state index contributed by atoms with van der Waals surface area (Å²) in [5, 5.41) is 1.19. The van der Waals surface area contributed by atoms with Crippen molar-refractivity contribution in [2.45, 2.75) is 31.6 Å². The lowest BCUT2D eigenvalue weighted by molar-refractivity contribution is 0.213. The highest BCUT2D eigenvalue weighted by Crippen LogP contribution is 2.32. The van der Waals surface area contributed by atoms with Crippen LogP contribution in [0, 0.1) is 0 Å². The van der Waals surface area contributed by atoms with Gasteiger partial charge in [-0.2, -0.15) is 0 Å². The largest absolute Gasteiger partial charge is 0.493 e. The third kappa shape index (κ3) is 2.99. The number of nitrogens with zero attached hydrogens (tertiary/aromatic N) is 2. The zero-order valence-electron chi connectivity index (χ0n) is 15.0. The van der Waals surface area contributed by atoms with Crippen molar-refractivity contribution in [1.82, 2.24) is 9.88 Å². The van der Waals surface area contributed by atoms with Crippen molar-refractivity contribution >= 4 is 11.0 Å². The Morgan fingerprint density at radius 1 is 1.12 bits per heavy atom. The molecular formula is C22H24N2O2. The Labute approximate surface area is 153 Å². The van der Waals surface area contributed by atoms with Gasteiger partial charge in [0, 0.05) is 30.5 Å². The first-order valence-corrected chi connectivity index (χ1v) is 9.66. The standard InChI is InChI=1S/C22H24N2O2/c1-2-20-18(7-13-25-20)15-16(1)4-10-24-11-5-17(6-12-24)22-19-8-14-26-21(19)3-9-23-22/h1-3,8-9,14-15,17H,4-7,10-13H2. The van der Waals surface area contributed by atoms with Gasteiger partial charge in [-0.1, -0.05) is 12.1 Å². The minimum absolute atomic E-state index is 0.546. The van der Waals surface area contributed by atoms with E-state index in [1.54, 1.807) is 6.26 Å². The molecule has 2 aromatic heterocycles. The van der Waals surface area contributed by atoms with Crippen molar-refractivity contribution in [1.29, 1.82) is 0 Å². The lowest BCUT2D eigenvalue weighted by Crippen LogP contribution is -2.34. The Morgan fingerprint density at radius 2 is 2.04 bits per heavy atom. The molecule has 0 bridgehead atoms. The van der Waals surface area contributed by atoms with Crippen LogP contribution in [0.5, 0.6) is 5.75 Å². The summed E-state index contributed by atoms with van der Waals surface area (Å²) < 4.78 is 11.1. The molecule has 4 heteroatoms. The molecule has 0 spiro atoms. The molecule has 0 saturated carbocycles. The van der Waals surface area contributed by atoms with Gasteiger partial charge in [0.2, 0.25) is 0 Å². The Hall–Kier alpha value is -2.33. The first-order valence-electron chi connectivity index (χ1n) is 9.66. The number of pyridine rings is 1. The van der Waals surface area contributed by atoms with E-state index in [9.17, 15) is 0 Å². The molecule has 5 rings (SSSR count). The first kappa shape index (κ1) is 15.9. The van der Waals surface area contributed by atoms with E-state index in [4.69, 9.17) is 9.15 Å². The second-order valence-corrected chi connectivity index (χ2v) is 7.44. The molecule has 3 aromatic rings. The van der Waals surface area contributed by atoms with Crippen LogP contribution in [0.15, 0.2) is 47.2 Å². The number of aromatic nitrogens is 1. The van der Waals surface area contributed by atoms with Crippen molar-refractivity contribution in [3.8, 4) is 5.75 Å². The first-order chi connectivity index (χ1) is 12.9. The zero-order chi connectivity index (χ0) is 17.3. The molecule has 1 fully saturated rings. The van der Waals surface area contributed by atoms with Crippen LogP contribution in [0.4, 0.5) is 0 Å². The van der Waals surface area contributed by atoms with Gasteiger partial charge in [-0.25, -0.2) is 0 Å². The molecule has 0 N–H and O–H groups in total. The van der Waals surface area contributed by atoms with E-state index < -0.39 is 0 Å². The number of furan rings is 1. The highest BCUT2D eigenvalue weighted by molar-refractivity contribution is 5.79. The second kappa shape index (κ2) is 6.76. The molecule has 0 radical (unpaired) electrons. The SMILES string of the molecule is c1cc2occc2c(C2CCN(CCc3ccc4c(c3)CCO4)CC2)n1. The number of hydrogen-bond acceptors (Lipinski definition) is 4. The predicted molar refractivity (Wildman–Crippen MR) is 102 cm³/mol. The van der Waals surface area contributed by atoms with Crippen molar-refractivity contribution in [2.24, 2.45) is 0 Å². The predicted octanol–water partition coefficient (Wildman–Crippen LogP) is 4.18. The van der Waals surface area contributed by atoms with Crippen LogP contribution in [-0.4, -0.2) is 36.1 Å². The van der Waals surface area contributed by atoms with Crippen molar-refractivity contribution < 1.29 is 9.15 Å². The zero-order valence-corrected chi connectivity index (χ0v) is 15.0. The van der Waals surface area contributed by atoms with Gasteiger partial charge in [0.25, 0.3) is 0 Å². The van der Waals surface area contributed by atoms with Gasteiger partial charge in [0.05, 0.1) is 18.6 Å². The Bertz CT molecular complexity index is 909. The Balaban J connectivity index is 1.19. The van der Waals surface area contributed by atoms with Gasteiger partial charge in [-0.3, -0.25) is 4.98 Å². The molecule has 4 nitrogen and oxygen atoms in total. The third-order valence-corrected chi connectivity index (χ3v) is 5.86. The number of piperidine rings is 1. The smallest absolute Gasteiger partial charge is 0.137 e. The summed E-state index contributed by atoms with van der Waals surface area (Å²) in [6.07, 6.45) is 8.18. The Kier molecular flexibility index (Phi) is 4.13. The van der Waals surface area contributed by atoms with E-state index in [2.05, 4.69) is 34.1 Å². The minimum atomic E-state index is 0.546. The van der Waals surface area contributed by atoms with Crippen molar-refractivity contribution in [3.63, 3.8) is 0 Å². The molecular weight excluding hydrogens is 324 g/mol. The summed E-state index contributed by atoms with van der Waals surface area (Å²) in [7, 11) is 0. The van der Waals surface area contributed by atoms with Gasteiger partial charge in [-0.15, -0.1) is 0 Å². The number of ether oxygens (including phenoxy) is 1. The molecule has 0 atom stereocenters. The van der Waals surface area contributed by atoms with Crippen LogP contribution >= 0.6 is 0 Å². The average molecular weight is 348 g/mol. The quantitative estimate of drug-likeness (QED) is 0.709. The van der Waals surface area contributed by atoms with E-state index in [1.165, 1.54) is 35.0 Å². The number of likely N-dealkylation sites (tertiary alicyclic amines) is 1. The summed E-state index contributed by atoms with van der Waals surface area (Å²) in [5.74, 6) is 1.63. The number of hydrogen-bond donors (Lipinski definition) is 0. The molecule has 1 saturated heterocycles. The van der Waals surface area contributed by atoms with Crippen LogP contribution in [0.3, 0.4) is 0 Å². The van der Waals surface area contributed by atoms with Crippen LogP contribution in [-0.2, 0) is 12.8 Å². The molecule has 0 aliphatic carbocycles. The van der Waals surface area contributed by atoms with Gasteiger partial charge >= 0.3 is 0 Å². The summed E-state index contributed by atoms with van der Waals surface area (Å²) in [4.78, 5) is 7.26. The molecule has 2 aliphatic rings. The number of benzene rings is 1. The van der Waals surface area contributed by atoms with Crippen LogP contribution in [0.1, 0.15) is 35.6 Å². The molecule has 26 heavy (non-hydrogen) atoms. The highest BCUT2D eigenvalue weighted by Gasteiger charge is 2.23. The molecule has 0 amide bonds. The van der Waals surface area contributed by atoms with E-state index >= 15 is 0 Å². The van der Waals surface area contributed by atoms with Gasteiger partial charge in [0.1, 0.15) is 11.3 Å². The third-order valence-electron chi connectivity index (χ3n) is 5.86. The second-order valence-electron chi connectivity index (χ2n) is 7.44. The van der Waals surface area contributed by atoms with E-state index in [0.717, 1.165) is 50.4 Å².